The first kappa shape index (κ1) is 14.0. The van der Waals surface area contributed by atoms with Gasteiger partial charge in [-0.05, 0) is 30.7 Å². The minimum Gasteiger partial charge on any atom is -0.391 e. The van der Waals surface area contributed by atoms with Gasteiger partial charge in [-0.25, -0.2) is 4.98 Å². The standard InChI is InChI=1S/C18H18N4O/c23-14-8-10-22(12-14)18-6-5-13(11-20-18)21-17-7-9-19-16-4-2-1-3-15(16)17/h1-7,9,11,14,23H,8,10,12H2,(H,19,21). The lowest BCUT2D eigenvalue weighted by Gasteiger charge is -2.17. The summed E-state index contributed by atoms with van der Waals surface area (Å²) in [5.74, 6) is 0.909. The van der Waals surface area contributed by atoms with E-state index in [-0.39, 0.29) is 6.10 Å². The number of benzene rings is 1. The maximum atomic E-state index is 9.62. The van der Waals surface area contributed by atoms with Gasteiger partial charge >= 0.3 is 0 Å². The van der Waals surface area contributed by atoms with Crippen molar-refractivity contribution in [3.8, 4) is 0 Å². The summed E-state index contributed by atoms with van der Waals surface area (Å²) in [7, 11) is 0. The molecule has 0 radical (unpaired) electrons. The summed E-state index contributed by atoms with van der Waals surface area (Å²) in [6.45, 7) is 1.52. The SMILES string of the molecule is OC1CCN(c2ccc(Nc3ccnc4ccccc34)cn2)C1. The van der Waals surface area contributed by atoms with E-state index in [1.165, 1.54) is 0 Å². The molecule has 1 aliphatic heterocycles. The fourth-order valence-electron chi connectivity index (χ4n) is 2.96. The second kappa shape index (κ2) is 5.85. The Balaban J connectivity index is 1.57. The summed E-state index contributed by atoms with van der Waals surface area (Å²) in [5.41, 5.74) is 2.92. The molecule has 3 aromatic rings. The van der Waals surface area contributed by atoms with Gasteiger partial charge in [-0.2, -0.15) is 0 Å². The number of nitrogens with one attached hydrogen (secondary N) is 1. The van der Waals surface area contributed by atoms with Gasteiger partial charge in [0.05, 0.1) is 23.5 Å². The van der Waals surface area contributed by atoms with E-state index in [0.29, 0.717) is 6.54 Å². The Morgan fingerprint density at radius 2 is 2.00 bits per heavy atom. The zero-order valence-corrected chi connectivity index (χ0v) is 12.7. The second-order valence-corrected chi connectivity index (χ2v) is 5.79. The van der Waals surface area contributed by atoms with Gasteiger partial charge in [0, 0.05) is 30.4 Å². The molecule has 0 bridgehead atoms. The van der Waals surface area contributed by atoms with Gasteiger partial charge in [0.2, 0.25) is 0 Å². The molecular weight excluding hydrogens is 288 g/mol. The number of pyridine rings is 2. The molecule has 5 nitrogen and oxygen atoms in total. The van der Waals surface area contributed by atoms with Gasteiger partial charge in [-0.15, -0.1) is 0 Å². The van der Waals surface area contributed by atoms with Crippen molar-refractivity contribution in [3.05, 3.63) is 54.9 Å². The smallest absolute Gasteiger partial charge is 0.128 e. The maximum Gasteiger partial charge on any atom is 0.128 e. The number of anilines is 3. The Morgan fingerprint density at radius 1 is 1.09 bits per heavy atom. The maximum absolute atomic E-state index is 9.62. The zero-order valence-electron chi connectivity index (χ0n) is 12.7. The number of β-amino-alcohol motifs (C(OH)–C–C–N with tert-alkyl or cyclic N) is 1. The Morgan fingerprint density at radius 3 is 2.78 bits per heavy atom. The van der Waals surface area contributed by atoms with Crippen LogP contribution in [0.25, 0.3) is 10.9 Å². The minimum absolute atomic E-state index is 0.238. The highest BCUT2D eigenvalue weighted by Crippen LogP contribution is 2.26. The molecule has 1 aliphatic rings. The molecule has 0 aliphatic carbocycles. The quantitative estimate of drug-likeness (QED) is 0.779. The fourth-order valence-corrected chi connectivity index (χ4v) is 2.96. The van der Waals surface area contributed by atoms with E-state index in [9.17, 15) is 5.11 Å². The van der Waals surface area contributed by atoms with Gasteiger partial charge < -0.3 is 15.3 Å². The van der Waals surface area contributed by atoms with Crippen LogP contribution in [-0.2, 0) is 0 Å². The predicted molar refractivity (Wildman–Crippen MR) is 92.1 cm³/mol. The van der Waals surface area contributed by atoms with E-state index in [1.807, 2.05) is 42.6 Å². The molecule has 2 N–H and O–H groups in total. The van der Waals surface area contributed by atoms with Crippen LogP contribution in [0.5, 0.6) is 0 Å². The van der Waals surface area contributed by atoms with Crippen LogP contribution < -0.4 is 10.2 Å². The van der Waals surface area contributed by atoms with Crippen LogP contribution in [0.1, 0.15) is 6.42 Å². The molecule has 1 fully saturated rings. The molecular formula is C18H18N4O. The monoisotopic (exact) mass is 306 g/mol. The summed E-state index contributed by atoms with van der Waals surface area (Å²) in [4.78, 5) is 11.0. The van der Waals surface area contributed by atoms with Crippen molar-refractivity contribution >= 4 is 28.1 Å². The van der Waals surface area contributed by atoms with Gasteiger partial charge in [-0.1, -0.05) is 18.2 Å². The van der Waals surface area contributed by atoms with Crippen LogP contribution in [-0.4, -0.2) is 34.3 Å². The molecule has 4 rings (SSSR count). The molecule has 0 saturated carbocycles. The molecule has 23 heavy (non-hydrogen) atoms. The minimum atomic E-state index is -0.238. The first-order valence-electron chi connectivity index (χ1n) is 7.79. The zero-order chi connectivity index (χ0) is 15.6. The lowest BCUT2D eigenvalue weighted by Crippen LogP contribution is -2.22. The summed E-state index contributed by atoms with van der Waals surface area (Å²) >= 11 is 0. The Kier molecular flexibility index (Phi) is 3.55. The number of nitrogens with zero attached hydrogens (tertiary/aromatic N) is 3. The average molecular weight is 306 g/mol. The van der Waals surface area contributed by atoms with E-state index in [2.05, 4.69) is 26.3 Å². The molecule has 5 heteroatoms. The topological polar surface area (TPSA) is 61.3 Å². The van der Waals surface area contributed by atoms with Gasteiger partial charge in [-0.3, -0.25) is 4.98 Å². The van der Waals surface area contributed by atoms with Crippen molar-refractivity contribution in [2.24, 2.45) is 0 Å². The highest BCUT2D eigenvalue weighted by Gasteiger charge is 2.20. The van der Waals surface area contributed by atoms with E-state index in [1.54, 1.807) is 6.20 Å². The summed E-state index contributed by atoms with van der Waals surface area (Å²) in [5, 5.41) is 14.1. The third-order valence-electron chi connectivity index (χ3n) is 4.16. The van der Waals surface area contributed by atoms with Crippen molar-refractivity contribution in [2.45, 2.75) is 12.5 Å². The van der Waals surface area contributed by atoms with Gasteiger partial charge in [0.15, 0.2) is 0 Å². The Labute approximate surface area is 134 Å². The lowest BCUT2D eigenvalue weighted by atomic mass is 10.2. The van der Waals surface area contributed by atoms with Crippen molar-refractivity contribution in [1.82, 2.24) is 9.97 Å². The van der Waals surface area contributed by atoms with Gasteiger partial charge in [0.25, 0.3) is 0 Å². The molecule has 1 atom stereocenters. The number of para-hydroxylation sites is 1. The summed E-state index contributed by atoms with van der Waals surface area (Å²) in [6, 6.07) is 14.0. The number of aliphatic hydroxyl groups excluding tert-OH is 1. The van der Waals surface area contributed by atoms with E-state index in [4.69, 9.17) is 0 Å². The number of aliphatic hydroxyl groups is 1. The molecule has 2 aromatic heterocycles. The first-order chi connectivity index (χ1) is 11.3. The largest absolute Gasteiger partial charge is 0.391 e. The van der Waals surface area contributed by atoms with Crippen molar-refractivity contribution in [1.29, 1.82) is 0 Å². The first-order valence-corrected chi connectivity index (χ1v) is 7.79. The van der Waals surface area contributed by atoms with Crippen LogP contribution in [0.4, 0.5) is 17.2 Å². The van der Waals surface area contributed by atoms with Gasteiger partial charge in [0.1, 0.15) is 5.82 Å². The number of hydrogen-bond donors (Lipinski definition) is 2. The highest BCUT2D eigenvalue weighted by atomic mass is 16.3. The van der Waals surface area contributed by atoms with E-state index < -0.39 is 0 Å². The number of hydrogen-bond acceptors (Lipinski definition) is 5. The molecule has 0 amide bonds. The third kappa shape index (κ3) is 2.83. The molecule has 1 saturated heterocycles. The Bertz CT molecular complexity index is 813. The van der Waals surface area contributed by atoms with Crippen LogP contribution in [0, 0.1) is 0 Å². The van der Waals surface area contributed by atoms with Crippen LogP contribution >= 0.6 is 0 Å². The number of fused-ring (bicyclic) bond motifs is 1. The van der Waals surface area contributed by atoms with E-state index >= 15 is 0 Å². The van der Waals surface area contributed by atoms with Crippen LogP contribution in [0.2, 0.25) is 0 Å². The van der Waals surface area contributed by atoms with Crippen molar-refractivity contribution < 1.29 is 5.11 Å². The third-order valence-corrected chi connectivity index (χ3v) is 4.16. The van der Waals surface area contributed by atoms with E-state index in [0.717, 1.165) is 41.1 Å². The number of rotatable bonds is 3. The molecule has 0 spiro atoms. The molecule has 1 aromatic carbocycles. The Hall–Kier alpha value is -2.66. The van der Waals surface area contributed by atoms with Crippen LogP contribution in [0.3, 0.4) is 0 Å². The van der Waals surface area contributed by atoms with Crippen LogP contribution in [0.15, 0.2) is 54.9 Å². The summed E-state index contributed by atoms with van der Waals surface area (Å²) in [6.07, 6.45) is 4.20. The van der Waals surface area contributed by atoms with Crippen molar-refractivity contribution in [3.63, 3.8) is 0 Å². The average Bonchev–Trinajstić information content (AvgIpc) is 3.02. The molecule has 3 heterocycles. The highest BCUT2D eigenvalue weighted by molar-refractivity contribution is 5.92. The van der Waals surface area contributed by atoms with Crippen molar-refractivity contribution in [2.75, 3.05) is 23.3 Å². The molecule has 1 unspecified atom stereocenters. The molecule has 116 valence electrons. The summed E-state index contributed by atoms with van der Waals surface area (Å²) < 4.78 is 0. The normalized spacial score (nSPS) is 17.6. The number of aromatic nitrogens is 2. The second-order valence-electron chi connectivity index (χ2n) is 5.79. The predicted octanol–water partition coefficient (Wildman–Crippen LogP) is 2.94. The fraction of sp³-hybridized carbons (Fsp3) is 0.222. The lowest BCUT2D eigenvalue weighted by molar-refractivity contribution is 0.198.